The molecule has 0 saturated heterocycles. The van der Waals surface area contributed by atoms with E-state index in [9.17, 15) is 14.4 Å². The predicted octanol–water partition coefficient (Wildman–Crippen LogP) is 1.50. The number of hydrazone groups is 1. The molecule has 6 heteroatoms. The summed E-state index contributed by atoms with van der Waals surface area (Å²) in [6, 6.07) is -1.81. The number of carbonyl (C=O) groups is 3. The number of nitrogens with one attached hydrogen (secondary N) is 2. The molecule has 0 bridgehead atoms. The normalized spacial score (nSPS) is 17.0. The van der Waals surface area contributed by atoms with Crippen LogP contribution in [0.1, 0.15) is 27.2 Å². The van der Waals surface area contributed by atoms with Gasteiger partial charge in [0.25, 0.3) is 0 Å². The van der Waals surface area contributed by atoms with Gasteiger partial charge in [0.1, 0.15) is 6.04 Å². The summed E-state index contributed by atoms with van der Waals surface area (Å²) in [6.45, 7) is 4.28. The lowest BCUT2D eigenvalue weighted by atomic mass is 10.0. The standard InChI is InChI=1S/C15H19N3O3/c1-10(9-13-7-5-4-6-8-13)17-18-15(21)16-14(11(2)19)12(3)20/h4-5,7-8,13-14H,9H2,1-3H3,(H2,16,18,21)/b17-10-. The van der Waals surface area contributed by atoms with Gasteiger partial charge in [0.15, 0.2) is 11.6 Å². The molecule has 2 N–H and O–H groups in total. The van der Waals surface area contributed by atoms with Crippen LogP contribution in [0.15, 0.2) is 35.1 Å². The van der Waals surface area contributed by atoms with E-state index < -0.39 is 23.6 Å². The molecule has 1 rings (SSSR count). The van der Waals surface area contributed by atoms with Gasteiger partial charge in [-0.2, -0.15) is 5.10 Å². The van der Waals surface area contributed by atoms with Crippen LogP contribution in [-0.2, 0) is 9.59 Å². The lowest BCUT2D eigenvalue weighted by Gasteiger charge is -2.12. The maximum absolute atomic E-state index is 11.6. The third-order valence-corrected chi connectivity index (χ3v) is 2.83. The van der Waals surface area contributed by atoms with Crippen molar-refractivity contribution >= 4 is 23.3 Å². The lowest BCUT2D eigenvalue weighted by Crippen LogP contribution is -2.47. The Hall–Kier alpha value is -2.46. The quantitative estimate of drug-likeness (QED) is 0.336. The van der Waals surface area contributed by atoms with Crippen LogP contribution in [0.3, 0.4) is 0 Å². The number of amides is 2. The van der Waals surface area contributed by atoms with Crippen molar-refractivity contribution in [2.24, 2.45) is 11.0 Å². The smallest absolute Gasteiger partial charge is 0.320 e. The predicted molar refractivity (Wildman–Crippen MR) is 79.8 cm³/mol. The summed E-state index contributed by atoms with van der Waals surface area (Å²) in [5.41, 5.74) is 5.99. The minimum absolute atomic E-state index is 0.200. The van der Waals surface area contributed by atoms with Crippen LogP contribution >= 0.6 is 0 Å². The van der Waals surface area contributed by atoms with Gasteiger partial charge in [0.2, 0.25) is 0 Å². The van der Waals surface area contributed by atoms with Crippen LogP contribution in [0.25, 0.3) is 0 Å². The second-order valence-corrected chi connectivity index (χ2v) is 4.84. The average molecular weight is 289 g/mol. The van der Waals surface area contributed by atoms with E-state index in [0.717, 1.165) is 5.71 Å². The number of rotatable bonds is 6. The van der Waals surface area contributed by atoms with Gasteiger partial charge in [-0.05, 0) is 39.3 Å². The molecule has 1 aliphatic carbocycles. The van der Waals surface area contributed by atoms with E-state index in [4.69, 9.17) is 0 Å². The first-order chi connectivity index (χ1) is 9.90. The number of urea groups is 1. The summed E-state index contributed by atoms with van der Waals surface area (Å²) in [6.07, 6.45) is 8.30. The molecule has 1 unspecified atom stereocenters. The number of Topliss-reactive ketones (excluding diaryl/α,β-unsaturated/α-hetero) is 2. The fourth-order valence-corrected chi connectivity index (χ4v) is 1.80. The van der Waals surface area contributed by atoms with Crippen molar-refractivity contribution in [1.29, 1.82) is 0 Å². The molecule has 0 saturated carbocycles. The summed E-state index contributed by atoms with van der Waals surface area (Å²) in [5, 5.41) is 6.21. The topological polar surface area (TPSA) is 87.6 Å². The summed E-state index contributed by atoms with van der Waals surface area (Å²) >= 11 is 0. The SMILES string of the molecule is CC(=O)C(NC(=O)N/N=C(/C)CC1C=C=CC=C1)C(C)=O. The van der Waals surface area contributed by atoms with E-state index in [1.807, 2.05) is 24.3 Å². The highest BCUT2D eigenvalue weighted by Crippen LogP contribution is 2.10. The van der Waals surface area contributed by atoms with Gasteiger partial charge >= 0.3 is 6.03 Å². The highest BCUT2D eigenvalue weighted by Gasteiger charge is 2.21. The van der Waals surface area contributed by atoms with Gasteiger partial charge < -0.3 is 5.32 Å². The monoisotopic (exact) mass is 289 g/mol. The van der Waals surface area contributed by atoms with Crippen LogP contribution in [0.5, 0.6) is 0 Å². The van der Waals surface area contributed by atoms with Crippen molar-refractivity contribution < 1.29 is 14.4 Å². The zero-order valence-electron chi connectivity index (χ0n) is 12.3. The number of hydrogen-bond donors (Lipinski definition) is 2. The Kier molecular flexibility index (Phi) is 6.30. The summed E-state index contributed by atoms with van der Waals surface area (Å²) < 4.78 is 0. The Morgan fingerprint density at radius 3 is 2.43 bits per heavy atom. The van der Waals surface area contributed by atoms with Crippen molar-refractivity contribution in [3.05, 3.63) is 30.0 Å². The maximum atomic E-state index is 11.6. The first-order valence-corrected chi connectivity index (χ1v) is 6.60. The Balaban J connectivity index is 2.49. The van der Waals surface area contributed by atoms with Gasteiger partial charge in [-0.1, -0.05) is 12.2 Å². The van der Waals surface area contributed by atoms with Gasteiger partial charge in [-0.15, -0.1) is 5.73 Å². The molecule has 0 aromatic heterocycles. The van der Waals surface area contributed by atoms with Crippen molar-refractivity contribution in [1.82, 2.24) is 10.7 Å². The molecule has 0 aliphatic heterocycles. The number of ketones is 2. The Labute approximate surface area is 123 Å². The average Bonchev–Trinajstić information content (AvgIpc) is 2.43. The largest absolute Gasteiger partial charge is 0.336 e. The lowest BCUT2D eigenvalue weighted by molar-refractivity contribution is -0.127. The number of nitrogens with zero attached hydrogens (tertiary/aromatic N) is 1. The molecular weight excluding hydrogens is 270 g/mol. The second-order valence-electron chi connectivity index (χ2n) is 4.84. The summed E-state index contributed by atoms with van der Waals surface area (Å²) in [7, 11) is 0. The van der Waals surface area contributed by atoms with E-state index in [0.29, 0.717) is 6.42 Å². The van der Waals surface area contributed by atoms with E-state index in [-0.39, 0.29) is 5.92 Å². The molecule has 0 aromatic rings. The van der Waals surface area contributed by atoms with Crippen molar-refractivity contribution in [3.63, 3.8) is 0 Å². The van der Waals surface area contributed by atoms with Crippen LogP contribution in [0.2, 0.25) is 0 Å². The van der Waals surface area contributed by atoms with E-state index in [1.165, 1.54) is 13.8 Å². The summed E-state index contributed by atoms with van der Waals surface area (Å²) in [5.74, 6) is -0.629. The van der Waals surface area contributed by atoms with Crippen molar-refractivity contribution in [2.75, 3.05) is 0 Å². The van der Waals surface area contributed by atoms with E-state index >= 15 is 0 Å². The molecule has 2 amide bonds. The van der Waals surface area contributed by atoms with Crippen molar-refractivity contribution in [3.8, 4) is 0 Å². The molecule has 1 atom stereocenters. The highest BCUT2D eigenvalue weighted by atomic mass is 16.2. The molecule has 1 aliphatic rings. The minimum atomic E-state index is -1.13. The zero-order chi connectivity index (χ0) is 15.8. The van der Waals surface area contributed by atoms with Gasteiger partial charge in [0, 0.05) is 11.6 Å². The first kappa shape index (κ1) is 16.6. The molecule has 0 heterocycles. The van der Waals surface area contributed by atoms with Gasteiger partial charge in [0.05, 0.1) is 0 Å². The fourth-order valence-electron chi connectivity index (χ4n) is 1.80. The third-order valence-electron chi connectivity index (χ3n) is 2.83. The van der Waals surface area contributed by atoms with Crippen LogP contribution in [-0.4, -0.2) is 29.4 Å². The van der Waals surface area contributed by atoms with Crippen LogP contribution in [0, 0.1) is 5.92 Å². The van der Waals surface area contributed by atoms with E-state index in [2.05, 4.69) is 21.6 Å². The summed E-state index contributed by atoms with van der Waals surface area (Å²) in [4.78, 5) is 34.0. The molecule has 0 radical (unpaired) electrons. The Morgan fingerprint density at radius 1 is 1.24 bits per heavy atom. The number of hydrogen-bond acceptors (Lipinski definition) is 4. The fraction of sp³-hybridized carbons (Fsp3) is 0.400. The second kappa shape index (κ2) is 7.97. The third kappa shape index (κ3) is 6.01. The molecule has 6 nitrogen and oxygen atoms in total. The molecular formula is C15H19N3O3. The first-order valence-electron chi connectivity index (χ1n) is 6.60. The van der Waals surface area contributed by atoms with Crippen LogP contribution < -0.4 is 10.7 Å². The maximum Gasteiger partial charge on any atom is 0.336 e. The zero-order valence-corrected chi connectivity index (χ0v) is 12.3. The Morgan fingerprint density at radius 2 is 1.90 bits per heavy atom. The van der Waals surface area contributed by atoms with Crippen LogP contribution in [0.4, 0.5) is 4.79 Å². The van der Waals surface area contributed by atoms with Gasteiger partial charge in [-0.25, -0.2) is 10.2 Å². The molecule has 0 aromatic carbocycles. The molecule has 0 fully saturated rings. The van der Waals surface area contributed by atoms with Crippen molar-refractivity contribution in [2.45, 2.75) is 33.2 Å². The molecule has 112 valence electrons. The Bertz CT molecular complexity index is 541. The number of carbonyl (C=O) groups excluding carboxylic acids is 3. The molecule has 21 heavy (non-hydrogen) atoms. The number of allylic oxidation sites excluding steroid dienone is 3. The highest BCUT2D eigenvalue weighted by molar-refractivity contribution is 6.06. The minimum Gasteiger partial charge on any atom is -0.320 e. The van der Waals surface area contributed by atoms with E-state index in [1.54, 1.807) is 6.92 Å². The molecule has 0 spiro atoms. The van der Waals surface area contributed by atoms with Gasteiger partial charge in [-0.3, -0.25) is 9.59 Å².